The molecule has 1 atom stereocenters. The molecule has 0 saturated carbocycles. The van der Waals surface area contributed by atoms with E-state index in [0.29, 0.717) is 43.4 Å². The summed E-state index contributed by atoms with van der Waals surface area (Å²) in [7, 11) is 0. The normalized spacial score (nSPS) is 20.9. The number of nitrogens with zero attached hydrogens (tertiary/aromatic N) is 2. The van der Waals surface area contributed by atoms with Crippen molar-refractivity contribution < 1.29 is 23.9 Å². The van der Waals surface area contributed by atoms with E-state index in [4.69, 9.17) is 9.47 Å². The number of carbonyl (C=O) groups excluding carboxylic acids is 3. The van der Waals surface area contributed by atoms with Gasteiger partial charge in [0.25, 0.3) is 5.91 Å². The molecule has 0 unspecified atom stereocenters. The summed E-state index contributed by atoms with van der Waals surface area (Å²) in [6.45, 7) is 7.47. The summed E-state index contributed by atoms with van der Waals surface area (Å²) in [5.41, 5.74) is -0.669. The first kappa shape index (κ1) is 20.0. The van der Waals surface area contributed by atoms with Crippen LogP contribution in [0.15, 0.2) is 18.2 Å². The van der Waals surface area contributed by atoms with Crippen LogP contribution in [0.1, 0.15) is 39.2 Å². The number of rotatable bonds is 7. The average molecular weight is 389 g/mol. The molecule has 8 nitrogen and oxygen atoms in total. The highest BCUT2D eigenvalue weighted by Gasteiger charge is 2.50. The van der Waals surface area contributed by atoms with Crippen LogP contribution in [-0.4, -0.2) is 60.5 Å². The maximum Gasteiger partial charge on any atom is 0.325 e. The van der Waals surface area contributed by atoms with Gasteiger partial charge in [0.15, 0.2) is 11.5 Å². The maximum absolute atomic E-state index is 13.1. The van der Waals surface area contributed by atoms with Crippen LogP contribution in [0.5, 0.6) is 11.5 Å². The molecule has 1 fully saturated rings. The van der Waals surface area contributed by atoms with Crippen LogP contribution in [0.3, 0.4) is 0 Å². The minimum atomic E-state index is -1.26. The lowest BCUT2D eigenvalue weighted by Gasteiger charge is -2.26. The number of fused-ring (bicyclic) bond motifs is 1. The van der Waals surface area contributed by atoms with Gasteiger partial charge in [-0.1, -0.05) is 19.9 Å². The Balaban J connectivity index is 1.79. The quantitative estimate of drug-likeness (QED) is 0.720. The van der Waals surface area contributed by atoms with Crippen molar-refractivity contribution in [2.75, 3.05) is 32.8 Å². The highest BCUT2D eigenvalue weighted by molar-refractivity contribution is 6.09. The molecule has 0 radical (unpaired) electrons. The van der Waals surface area contributed by atoms with E-state index in [-0.39, 0.29) is 12.5 Å². The van der Waals surface area contributed by atoms with Crippen LogP contribution < -0.4 is 14.8 Å². The van der Waals surface area contributed by atoms with Gasteiger partial charge in [-0.15, -0.1) is 0 Å². The maximum atomic E-state index is 13.1. The van der Waals surface area contributed by atoms with Crippen LogP contribution in [0, 0.1) is 0 Å². The van der Waals surface area contributed by atoms with Gasteiger partial charge in [-0.3, -0.25) is 14.5 Å². The van der Waals surface area contributed by atoms with E-state index in [1.165, 1.54) is 0 Å². The summed E-state index contributed by atoms with van der Waals surface area (Å²) < 4.78 is 11.1. The predicted octanol–water partition coefficient (Wildman–Crippen LogP) is 1.87. The van der Waals surface area contributed by atoms with Crippen LogP contribution in [0.2, 0.25) is 0 Å². The van der Waals surface area contributed by atoms with Crippen molar-refractivity contribution in [2.24, 2.45) is 0 Å². The Kier molecular flexibility index (Phi) is 5.76. The zero-order chi connectivity index (χ0) is 20.3. The van der Waals surface area contributed by atoms with E-state index in [0.717, 1.165) is 17.7 Å². The molecule has 3 rings (SSSR count). The largest absolute Gasteiger partial charge is 0.486 e. The number of urea groups is 1. The van der Waals surface area contributed by atoms with Crippen LogP contribution in [0.4, 0.5) is 4.79 Å². The molecule has 4 amide bonds. The number of benzene rings is 1. The zero-order valence-corrected chi connectivity index (χ0v) is 16.6. The zero-order valence-electron chi connectivity index (χ0n) is 16.6. The first-order valence-electron chi connectivity index (χ1n) is 9.72. The van der Waals surface area contributed by atoms with E-state index in [1.54, 1.807) is 30.0 Å². The monoisotopic (exact) mass is 389 g/mol. The fourth-order valence-corrected chi connectivity index (χ4v) is 3.53. The second-order valence-electron chi connectivity index (χ2n) is 7.19. The topological polar surface area (TPSA) is 88.2 Å². The summed E-state index contributed by atoms with van der Waals surface area (Å²) >= 11 is 0. The van der Waals surface area contributed by atoms with Crippen LogP contribution >= 0.6 is 0 Å². The van der Waals surface area contributed by atoms with Crippen molar-refractivity contribution in [3.63, 3.8) is 0 Å². The molecular formula is C20H27N3O5. The molecule has 152 valence electrons. The first-order valence-corrected chi connectivity index (χ1v) is 9.72. The minimum Gasteiger partial charge on any atom is -0.486 e. The Hall–Kier alpha value is -2.77. The summed E-state index contributed by atoms with van der Waals surface area (Å²) in [5, 5.41) is 2.73. The van der Waals surface area contributed by atoms with Gasteiger partial charge < -0.3 is 19.7 Å². The first-order chi connectivity index (χ1) is 13.4. The van der Waals surface area contributed by atoms with Gasteiger partial charge in [0, 0.05) is 13.1 Å². The van der Waals surface area contributed by atoms with Crippen molar-refractivity contribution in [3.05, 3.63) is 23.8 Å². The van der Waals surface area contributed by atoms with E-state index in [9.17, 15) is 14.4 Å². The molecule has 1 N–H and O–H groups in total. The molecular weight excluding hydrogens is 362 g/mol. The molecule has 2 aliphatic heterocycles. The van der Waals surface area contributed by atoms with Gasteiger partial charge in [-0.05, 0) is 37.5 Å². The molecule has 8 heteroatoms. The number of carbonyl (C=O) groups is 3. The van der Waals surface area contributed by atoms with Crippen molar-refractivity contribution in [3.8, 4) is 11.5 Å². The van der Waals surface area contributed by atoms with Crippen molar-refractivity contribution in [1.82, 2.24) is 15.1 Å². The Bertz CT molecular complexity index is 775. The highest BCUT2D eigenvalue weighted by atomic mass is 16.6. The van der Waals surface area contributed by atoms with E-state index in [2.05, 4.69) is 5.32 Å². The highest BCUT2D eigenvalue weighted by Crippen LogP contribution is 2.36. The number of ether oxygens (including phenoxy) is 2. The SMILES string of the molecule is CCCN(CCC)C(=O)CN1C(=O)N[C@@](C)(c2ccc3c(c2)OCCO3)C1=O. The van der Waals surface area contributed by atoms with E-state index >= 15 is 0 Å². The second kappa shape index (κ2) is 8.08. The lowest BCUT2D eigenvalue weighted by Crippen LogP contribution is -2.45. The molecule has 0 aromatic heterocycles. The van der Waals surface area contributed by atoms with Gasteiger partial charge in [-0.25, -0.2) is 4.79 Å². The lowest BCUT2D eigenvalue weighted by atomic mass is 9.91. The van der Waals surface area contributed by atoms with Crippen molar-refractivity contribution in [1.29, 1.82) is 0 Å². The van der Waals surface area contributed by atoms with Crippen LogP contribution in [-0.2, 0) is 15.1 Å². The molecule has 1 aromatic carbocycles. The molecule has 1 saturated heterocycles. The Morgan fingerprint density at radius 3 is 2.43 bits per heavy atom. The number of nitrogens with one attached hydrogen (secondary N) is 1. The van der Waals surface area contributed by atoms with Gasteiger partial charge in [-0.2, -0.15) is 0 Å². The number of amides is 4. The summed E-state index contributed by atoms with van der Waals surface area (Å²) in [6, 6.07) is 4.60. The summed E-state index contributed by atoms with van der Waals surface area (Å²) in [5.74, 6) is 0.477. The molecule has 0 aliphatic carbocycles. The molecule has 2 aliphatic rings. The third-order valence-corrected chi connectivity index (χ3v) is 5.03. The fourth-order valence-electron chi connectivity index (χ4n) is 3.53. The molecule has 1 aromatic rings. The molecule has 0 spiro atoms. The molecule has 0 bridgehead atoms. The Morgan fingerprint density at radius 1 is 1.14 bits per heavy atom. The van der Waals surface area contributed by atoms with Crippen molar-refractivity contribution in [2.45, 2.75) is 39.2 Å². The number of imide groups is 1. The van der Waals surface area contributed by atoms with Gasteiger partial charge in [0.2, 0.25) is 5.91 Å². The number of hydrogen-bond acceptors (Lipinski definition) is 5. The predicted molar refractivity (Wildman–Crippen MR) is 102 cm³/mol. The summed E-state index contributed by atoms with van der Waals surface area (Å²) in [4.78, 5) is 40.9. The fraction of sp³-hybridized carbons (Fsp3) is 0.550. The Labute approximate surface area is 164 Å². The minimum absolute atomic E-state index is 0.223. The van der Waals surface area contributed by atoms with Gasteiger partial charge in [0.05, 0.1) is 0 Å². The standard InChI is InChI=1S/C20H27N3O5/c1-4-8-22(9-5-2)17(24)13-23-18(25)20(3,21-19(23)26)14-6-7-15-16(12-14)28-11-10-27-15/h6-7,12H,4-5,8-11,13H2,1-3H3,(H,21,26)/t20-/m0/s1. The van der Waals surface area contributed by atoms with Crippen LogP contribution in [0.25, 0.3) is 0 Å². The lowest BCUT2D eigenvalue weighted by molar-refractivity contribution is -0.139. The molecule has 28 heavy (non-hydrogen) atoms. The second-order valence-corrected chi connectivity index (χ2v) is 7.19. The van der Waals surface area contributed by atoms with Gasteiger partial charge >= 0.3 is 6.03 Å². The third-order valence-electron chi connectivity index (χ3n) is 5.03. The molecule has 2 heterocycles. The van der Waals surface area contributed by atoms with E-state index < -0.39 is 17.5 Å². The average Bonchev–Trinajstić information content (AvgIpc) is 2.91. The van der Waals surface area contributed by atoms with E-state index in [1.807, 2.05) is 13.8 Å². The number of hydrogen-bond donors (Lipinski definition) is 1. The van der Waals surface area contributed by atoms with Crippen molar-refractivity contribution >= 4 is 17.8 Å². The Morgan fingerprint density at radius 2 is 1.79 bits per heavy atom. The smallest absolute Gasteiger partial charge is 0.325 e. The van der Waals surface area contributed by atoms with Gasteiger partial charge in [0.1, 0.15) is 25.3 Å². The third kappa shape index (κ3) is 3.63. The summed E-state index contributed by atoms with van der Waals surface area (Å²) in [6.07, 6.45) is 1.64.